The summed E-state index contributed by atoms with van der Waals surface area (Å²) in [6.07, 6.45) is 0. The van der Waals surface area contributed by atoms with E-state index in [1.54, 1.807) is 0 Å². The molecule has 2 rings (SSSR count). The highest BCUT2D eigenvalue weighted by atomic mass is 35.5. The molecular weight excluding hydrogens is 370 g/mol. The normalized spacial score (nSPS) is 13.7. The van der Waals surface area contributed by atoms with E-state index < -0.39 is 8.32 Å². The quantitative estimate of drug-likeness (QED) is 0.359. The van der Waals surface area contributed by atoms with Gasteiger partial charge in [-0.15, -0.1) is 11.6 Å². The lowest BCUT2D eigenvalue weighted by atomic mass is 10.1. The fraction of sp³-hybridized carbons (Fsp3) is 0.478. The van der Waals surface area contributed by atoms with Crippen LogP contribution in [0, 0.1) is 0 Å². The molecular formula is C23H34ClNOSi. The van der Waals surface area contributed by atoms with Gasteiger partial charge in [0.25, 0.3) is 0 Å². The van der Waals surface area contributed by atoms with Gasteiger partial charge in [-0.25, -0.2) is 0 Å². The summed E-state index contributed by atoms with van der Waals surface area (Å²) >= 11 is 6.72. The van der Waals surface area contributed by atoms with E-state index in [1.165, 1.54) is 11.1 Å². The van der Waals surface area contributed by atoms with Crippen LogP contribution in [-0.4, -0.2) is 31.7 Å². The van der Waals surface area contributed by atoms with E-state index in [9.17, 15) is 0 Å². The Labute approximate surface area is 171 Å². The van der Waals surface area contributed by atoms with Crippen LogP contribution >= 0.6 is 11.6 Å². The van der Waals surface area contributed by atoms with Gasteiger partial charge >= 0.3 is 0 Å². The van der Waals surface area contributed by atoms with Crippen LogP contribution < -0.4 is 0 Å². The van der Waals surface area contributed by atoms with Gasteiger partial charge in [0.05, 0.1) is 12.0 Å². The molecule has 0 aromatic heterocycles. The van der Waals surface area contributed by atoms with E-state index in [2.05, 4.69) is 99.4 Å². The Kier molecular flexibility index (Phi) is 8.11. The fourth-order valence-electron chi connectivity index (χ4n) is 2.72. The van der Waals surface area contributed by atoms with Gasteiger partial charge in [0.15, 0.2) is 8.32 Å². The number of benzene rings is 2. The summed E-state index contributed by atoms with van der Waals surface area (Å²) in [7, 11) is -1.77. The molecule has 27 heavy (non-hydrogen) atoms. The van der Waals surface area contributed by atoms with Crippen molar-refractivity contribution in [2.45, 2.75) is 57.4 Å². The van der Waals surface area contributed by atoms with Gasteiger partial charge < -0.3 is 4.43 Å². The first kappa shape index (κ1) is 22.2. The molecule has 0 saturated heterocycles. The minimum atomic E-state index is -1.77. The van der Waals surface area contributed by atoms with Crippen molar-refractivity contribution in [3.05, 3.63) is 71.8 Å². The van der Waals surface area contributed by atoms with Gasteiger partial charge in [0.1, 0.15) is 0 Å². The van der Waals surface area contributed by atoms with Crippen LogP contribution in [0.5, 0.6) is 0 Å². The Morgan fingerprint density at radius 3 is 1.74 bits per heavy atom. The smallest absolute Gasteiger partial charge is 0.192 e. The van der Waals surface area contributed by atoms with Gasteiger partial charge in [0.2, 0.25) is 0 Å². The van der Waals surface area contributed by atoms with E-state index in [0.717, 1.165) is 19.6 Å². The molecule has 0 aliphatic rings. The highest BCUT2D eigenvalue weighted by Gasteiger charge is 2.37. The maximum atomic E-state index is 6.72. The van der Waals surface area contributed by atoms with Crippen LogP contribution in [0.1, 0.15) is 31.9 Å². The number of alkyl halides is 1. The van der Waals surface area contributed by atoms with E-state index in [4.69, 9.17) is 16.0 Å². The third-order valence-electron chi connectivity index (χ3n) is 5.39. The molecule has 4 heteroatoms. The Morgan fingerprint density at radius 1 is 0.889 bits per heavy atom. The zero-order valence-corrected chi connectivity index (χ0v) is 19.2. The highest BCUT2D eigenvalue weighted by Crippen LogP contribution is 2.36. The van der Waals surface area contributed by atoms with Crippen LogP contribution in [-0.2, 0) is 17.5 Å². The molecule has 148 valence electrons. The Balaban J connectivity index is 2.00. The van der Waals surface area contributed by atoms with Gasteiger partial charge in [-0.2, -0.15) is 0 Å². The van der Waals surface area contributed by atoms with Gasteiger partial charge in [-0.1, -0.05) is 81.4 Å². The lowest BCUT2D eigenvalue weighted by Crippen LogP contribution is -2.43. The second kappa shape index (κ2) is 9.88. The maximum absolute atomic E-state index is 6.72. The van der Waals surface area contributed by atoms with Crippen LogP contribution in [0.15, 0.2) is 60.7 Å². The van der Waals surface area contributed by atoms with E-state index in [-0.39, 0.29) is 10.4 Å². The zero-order chi connectivity index (χ0) is 19.9. The molecule has 2 aromatic carbocycles. The van der Waals surface area contributed by atoms with E-state index in [1.807, 2.05) is 0 Å². The molecule has 0 radical (unpaired) electrons. The maximum Gasteiger partial charge on any atom is 0.192 e. The average molecular weight is 404 g/mol. The van der Waals surface area contributed by atoms with Crippen molar-refractivity contribution in [3.63, 3.8) is 0 Å². The predicted molar refractivity (Wildman–Crippen MR) is 120 cm³/mol. The summed E-state index contributed by atoms with van der Waals surface area (Å²) in [5.41, 5.74) is 2.62. The molecule has 0 bridgehead atoms. The third kappa shape index (κ3) is 7.42. The van der Waals surface area contributed by atoms with Gasteiger partial charge in [-0.05, 0) is 29.3 Å². The number of halogens is 1. The SMILES string of the molecule is CC(C)(C)[Si](C)(C)OC[C@@H](Cl)CN(Cc1ccccc1)Cc1ccccc1. The molecule has 0 heterocycles. The Hall–Kier alpha value is -1.13. The lowest BCUT2D eigenvalue weighted by Gasteiger charge is -2.37. The number of nitrogens with zero attached hydrogens (tertiary/aromatic N) is 1. The topological polar surface area (TPSA) is 12.5 Å². The first-order valence-corrected chi connectivity index (χ1v) is 13.1. The molecule has 2 nitrogen and oxygen atoms in total. The lowest BCUT2D eigenvalue weighted by molar-refractivity contribution is 0.217. The van der Waals surface area contributed by atoms with Crippen molar-refractivity contribution in [3.8, 4) is 0 Å². The van der Waals surface area contributed by atoms with Crippen molar-refractivity contribution in [2.75, 3.05) is 13.2 Å². The number of hydrogen-bond acceptors (Lipinski definition) is 2. The van der Waals surface area contributed by atoms with Crippen molar-refractivity contribution in [1.82, 2.24) is 4.90 Å². The average Bonchev–Trinajstić information content (AvgIpc) is 2.61. The Bertz CT molecular complexity index is 628. The van der Waals surface area contributed by atoms with Crippen molar-refractivity contribution < 1.29 is 4.43 Å². The molecule has 0 saturated carbocycles. The summed E-state index contributed by atoms with van der Waals surface area (Å²) in [4.78, 5) is 2.41. The van der Waals surface area contributed by atoms with Crippen LogP contribution in [0.3, 0.4) is 0 Å². The van der Waals surface area contributed by atoms with Crippen LogP contribution in [0.25, 0.3) is 0 Å². The molecule has 0 amide bonds. The number of rotatable bonds is 9. The molecule has 0 aliphatic heterocycles. The second-order valence-corrected chi connectivity index (χ2v) is 14.2. The summed E-state index contributed by atoms with van der Waals surface area (Å²) in [5.74, 6) is 0. The predicted octanol–water partition coefficient (Wildman–Crippen LogP) is 6.32. The summed E-state index contributed by atoms with van der Waals surface area (Å²) in [6.45, 7) is 14.5. The van der Waals surface area contributed by atoms with Crippen molar-refractivity contribution >= 4 is 19.9 Å². The third-order valence-corrected chi connectivity index (χ3v) is 10.2. The molecule has 0 spiro atoms. The first-order valence-electron chi connectivity index (χ1n) is 9.75. The molecule has 1 atom stereocenters. The second-order valence-electron chi connectivity index (χ2n) is 8.81. The van der Waals surface area contributed by atoms with E-state index >= 15 is 0 Å². The van der Waals surface area contributed by atoms with Crippen LogP contribution in [0.2, 0.25) is 18.1 Å². The molecule has 0 unspecified atom stereocenters. The van der Waals surface area contributed by atoms with Crippen molar-refractivity contribution in [1.29, 1.82) is 0 Å². The summed E-state index contributed by atoms with van der Waals surface area (Å²) in [6, 6.07) is 21.2. The van der Waals surface area contributed by atoms with Gasteiger partial charge in [-0.3, -0.25) is 4.90 Å². The van der Waals surface area contributed by atoms with Crippen LogP contribution in [0.4, 0.5) is 0 Å². The van der Waals surface area contributed by atoms with Crippen molar-refractivity contribution in [2.24, 2.45) is 0 Å². The molecule has 0 N–H and O–H groups in total. The number of hydrogen-bond donors (Lipinski definition) is 0. The molecule has 0 aliphatic carbocycles. The minimum Gasteiger partial charge on any atom is -0.415 e. The molecule has 0 fully saturated rings. The van der Waals surface area contributed by atoms with Gasteiger partial charge in [0, 0.05) is 19.6 Å². The summed E-state index contributed by atoms with van der Waals surface area (Å²) in [5, 5.41) is 0.184. The van der Waals surface area contributed by atoms with E-state index in [0.29, 0.717) is 6.61 Å². The minimum absolute atomic E-state index is 0.0217. The first-order chi connectivity index (χ1) is 12.7. The largest absolute Gasteiger partial charge is 0.415 e. The fourth-order valence-corrected chi connectivity index (χ4v) is 4.13. The summed E-state index contributed by atoms with van der Waals surface area (Å²) < 4.78 is 6.34. The monoisotopic (exact) mass is 403 g/mol. The Morgan fingerprint density at radius 2 is 1.33 bits per heavy atom. The molecule has 2 aromatic rings. The zero-order valence-electron chi connectivity index (χ0n) is 17.4. The standard InChI is InChI=1S/C23H34ClNOSi/c1-23(2,3)27(4,5)26-19-22(24)18-25(16-20-12-8-6-9-13-20)17-21-14-10-7-11-15-21/h6-15,22H,16-19H2,1-5H3/t22-/m0/s1. The highest BCUT2D eigenvalue weighted by molar-refractivity contribution is 6.74.